The molecule has 1 aromatic heterocycles. The van der Waals surface area contributed by atoms with Crippen molar-refractivity contribution in [3.8, 4) is 0 Å². The van der Waals surface area contributed by atoms with Crippen molar-refractivity contribution in [2.45, 2.75) is 18.2 Å². The maximum atomic E-state index is 12.2. The van der Waals surface area contributed by atoms with E-state index < -0.39 is 0 Å². The molecule has 0 saturated heterocycles. The summed E-state index contributed by atoms with van der Waals surface area (Å²) in [6.45, 7) is 3.97. The van der Waals surface area contributed by atoms with Crippen LogP contribution in [0.3, 0.4) is 0 Å². The number of anilines is 2. The number of benzene rings is 2. The summed E-state index contributed by atoms with van der Waals surface area (Å²) in [6.07, 6.45) is 0. The van der Waals surface area contributed by atoms with Gasteiger partial charge >= 0.3 is 0 Å². The number of carbonyl (C=O) groups excluding carboxylic acids is 2. The second-order valence-electron chi connectivity index (χ2n) is 5.99. The first kappa shape index (κ1) is 20.5. The van der Waals surface area contributed by atoms with E-state index in [1.165, 1.54) is 23.1 Å². The topological polar surface area (TPSA) is 84.0 Å². The zero-order chi connectivity index (χ0) is 20.1. The highest BCUT2D eigenvalue weighted by atomic mass is 79.9. The van der Waals surface area contributed by atoms with Crippen molar-refractivity contribution in [3.63, 3.8) is 0 Å². The number of amides is 2. The lowest BCUT2D eigenvalue weighted by Gasteiger charge is -2.08. The smallest absolute Gasteiger partial charge is 0.257 e. The fourth-order valence-corrected chi connectivity index (χ4v) is 4.17. The Morgan fingerprint density at radius 3 is 2.54 bits per heavy atom. The number of hydrogen-bond donors (Lipinski definition) is 2. The Labute approximate surface area is 179 Å². The second-order valence-corrected chi connectivity index (χ2v) is 9.11. The fourth-order valence-electron chi connectivity index (χ4n) is 2.36. The molecular weight excluding hydrogens is 460 g/mol. The number of halogens is 1. The zero-order valence-electron chi connectivity index (χ0n) is 15.2. The third kappa shape index (κ3) is 5.63. The predicted octanol–water partition coefficient (Wildman–Crippen LogP) is 4.90. The van der Waals surface area contributed by atoms with Crippen LogP contribution in [0.4, 0.5) is 10.8 Å². The van der Waals surface area contributed by atoms with Crippen LogP contribution < -0.4 is 10.6 Å². The number of rotatable bonds is 6. The van der Waals surface area contributed by atoms with Crippen molar-refractivity contribution in [3.05, 3.63) is 63.6 Å². The molecule has 0 radical (unpaired) electrons. The van der Waals surface area contributed by atoms with E-state index in [0.717, 1.165) is 21.3 Å². The number of hydrogen-bond acceptors (Lipinski definition) is 6. The Morgan fingerprint density at radius 1 is 1.07 bits per heavy atom. The molecule has 0 aliphatic carbocycles. The molecule has 144 valence electrons. The van der Waals surface area contributed by atoms with Crippen molar-refractivity contribution in [1.29, 1.82) is 0 Å². The van der Waals surface area contributed by atoms with Crippen LogP contribution in [0, 0.1) is 13.8 Å². The van der Waals surface area contributed by atoms with E-state index in [4.69, 9.17) is 0 Å². The van der Waals surface area contributed by atoms with Crippen molar-refractivity contribution < 1.29 is 9.59 Å². The monoisotopic (exact) mass is 476 g/mol. The Kier molecular flexibility index (Phi) is 6.82. The van der Waals surface area contributed by atoms with Gasteiger partial charge in [-0.3, -0.25) is 14.9 Å². The minimum absolute atomic E-state index is 0.118. The van der Waals surface area contributed by atoms with Crippen LogP contribution in [0.5, 0.6) is 0 Å². The molecule has 0 spiro atoms. The molecule has 0 atom stereocenters. The molecule has 3 aromatic rings. The molecule has 2 aromatic carbocycles. The third-order valence-electron chi connectivity index (χ3n) is 3.72. The fraction of sp³-hybridized carbons (Fsp3) is 0.158. The van der Waals surface area contributed by atoms with Crippen LogP contribution in [-0.2, 0) is 4.79 Å². The Hall–Kier alpha value is -2.23. The summed E-state index contributed by atoms with van der Waals surface area (Å²) >= 11 is 5.84. The maximum absolute atomic E-state index is 12.2. The molecule has 2 amide bonds. The molecule has 1 heterocycles. The normalized spacial score (nSPS) is 10.5. The number of nitrogens with zero attached hydrogens (tertiary/aromatic N) is 2. The Morgan fingerprint density at radius 2 is 1.82 bits per heavy atom. The highest BCUT2D eigenvalue weighted by molar-refractivity contribution is 9.10. The average molecular weight is 477 g/mol. The lowest BCUT2D eigenvalue weighted by molar-refractivity contribution is -0.113. The summed E-state index contributed by atoms with van der Waals surface area (Å²) in [4.78, 5) is 24.4. The standard InChI is InChI=1S/C19H17BrN4O2S2/c1-11-3-8-15(12(2)9-11)21-16(25)10-27-19-24-23-18(28-19)22-17(26)13-4-6-14(20)7-5-13/h3-9H,10H2,1-2H3,(H,21,25)(H,22,23,26). The van der Waals surface area contributed by atoms with Crippen molar-refractivity contribution >= 4 is 61.7 Å². The SMILES string of the molecule is Cc1ccc(NC(=O)CSc2nnc(NC(=O)c3ccc(Br)cc3)s2)c(C)c1. The summed E-state index contributed by atoms with van der Waals surface area (Å²) in [5.74, 6) is -0.164. The summed E-state index contributed by atoms with van der Waals surface area (Å²) in [7, 11) is 0. The van der Waals surface area contributed by atoms with Crippen LogP contribution in [0.2, 0.25) is 0 Å². The van der Waals surface area contributed by atoms with E-state index in [-0.39, 0.29) is 17.6 Å². The molecular formula is C19H17BrN4O2S2. The van der Waals surface area contributed by atoms with Crippen LogP contribution in [0.25, 0.3) is 0 Å². The summed E-state index contributed by atoms with van der Waals surface area (Å²) < 4.78 is 1.51. The zero-order valence-corrected chi connectivity index (χ0v) is 18.4. The number of aryl methyl sites for hydroxylation is 2. The summed E-state index contributed by atoms with van der Waals surface area (Å²) in [5.41, 5.74) is 3.50. The summed E-state index contributed by atoms with van der Waals surface area (Å²) in [6, 6.07) is 12.9. The van der Waals surface area contributed by atoms with Gasteiger partial charge < -0.3 is 5.32 Å². The van der Waals surface area contributed by atoms with E-state index in [9.17, 15) is 9.59 Å². The third-order valence-corrected chi connectivity index (χ3v) is 6.22. The first-order chi connectivity index (χ1) is 13.4. The van der Waals surface area contributed by atoms with Gasteiger partial charge in [-0.25, -0.2) is 0 Å². The Balaban J connectivity index is 1.52. The van der Waals surface area contributed by atoms with Gasteiger partial charge in [-0.1, -0.05) is 56.7 Å². The predicted molar refractivity (Wildman–Crippen MR) is 117 cm³/mol. The van der Waals surface area contributed by atoms with E-state index in [1.54, 1.807) is 24.3 Å². The van der Waals surface area contributed by atoms with Crippen LogP contribution in [0.15, 0.2) is 51.3 Å². The summed E-state index contributed by atoms with van der Waals surface area (Å²) in [5, 5.41) is 14.0. The highest BCUT2D eigenvalue weighted by Gasteiger charge is 2.12. The molecule has 2 N–H and O–H groups in total. The molecule has 0 bridgehead atoms. The minimum atomic E-state index is -0.257. The highest BCUT2D eigenvalue weighted by Crippen LogP contribution is 2.26. The molecule has 0 fully saturated rings. The lowest BCUT2D eigenvalue weighted by atomic mass is 10.1. The largest absolute Gasteiger partial charge is 0.325 e. The first-order valence-corrected chi connectivity index (χ1v) is 10.9. The number of aromatic nitrogens is 2. The van der Waals surface area contributed by atoms with Gasteiger partial charge in [-0.05, 0) is 49.7 Å². The van der Waals surface area contributed by atoms with Gasteiger partial charge in [0.1, 0.15) is 0 Å². The van der Waals surface area contributed by atoms with Crippen molar-refractivity contribution in [1.82, 2.24) is 10.2 Å². The van der Waals surface area contributed by atoms with Crippen LogP contribution in [-0.4, -0.2) is 27.8 Å². The molecule has 28 heavy (non-hydrogen) atoms. The van der Waals surface area contributed by atoms with E-state index in [0.29, 0.717) is 15.0 Å². The minimum Gasteiger partial charge on any atom is -0.325 e. The van der Waals surface area contributed by atoms with Gasteiger partial charge in [0.15, 0.2) is 4.34 Å². The molecule has 6 nitrogen and oxygen atoms in total. The van der Waals surface area contributed by atoms with E-state index in [2.05, 4.69) is 36.8 Å². The maximum Gasteiger partial charge on any atom is 0.257 e. The van der Waals surface area contributed by atoms with E-state index >= 15 is 0 Å². The van der Waals surface area contributed by atoms with E-state index in [1.807, 2.05) is 32.0 Å². The number of nitrogens with one attached hydrogen (secondary N) is 2. The van der Waals surface area contributed by atoms with Gasteiger partial charge in [0.2, 0.25) is 11.0 Å². The average Bonchev–Trinajstić information content (AvgIpc) is 3.10. The molecule has 0 unspecified atom stereocenters. The van der Waals surface area contributed by atoms with Gasteiger partial charge in [0.25, 0.3) is 5.91 Å². The van der Waals surface area contributed by atoms with Gasteiger partial charge in [-0.15, -0.1) is 10.2 Å². The molecule has 0 aliphatic rings. The quantitative estimate of drug-likeness (QED) is 0.390. The van der Waals surface area contributed by atoms with Crippen LogP contribution >= 0.6 is 39.0 Å². The molecule has 0 saturated carbocycles. The van der Waals surface area contributed by atoms with Crippen LogP contribution in [0.1, 0.15) is 21.5 Å². The second kappa shape index (κ2) is 9.31. The van der Waals surface area contributed by atoms with Gasteiger partial charge in [-0.2, -0.15) is 0 Å². The lowest BCUT2D eigenvalue weighted by Crippen LogP contribution is -2.14. The van der Waals surface area contributed by atoms with Gasteiger partial charge in [0, 0.05) is 15.7 Å². The molecule has 0 aliphatic heterocycles. The van der Waals surface area contributed by atoms with Gasteiger partial charge in [0.05, 0.1) is 5.75 Å². The number of carbonyl (C=O) groups is 2. The van der Waals surface area contributed by atoms with Crippen molar-refractivity contribution in [2.24, 2.45) is 0 Å². The molecule has 3 rings (SSSR count). The number of thioether (sulfide) groups is 1. The first-order valence-electron chi connectivity index (χ1n) is 8.31. The van der Waals surface area contributed by atoms with Crippen molar-refractivity contribution in [2.75, 3.05) is 16.4 Å². The Bertz CT molecular complexity index is 1010. The molecule has 9 heteroatoms.